The number of rotatable bonds is 4. The van der Waals surface area contributed by atoms with E-state index in [9.17, 15) is 4.79 Å². The van der Waals surface area contributed by atoms with E-state index in [-0.39, 0.29) is 17.9 Å². The van der Waals surface area contributed by atoms with E-state index < -0.39 is 5.97 Å². The Bertz CT molecular complexity index is 230. The zero-order chi connectivity index (χ0) is 13.4. The van der Waals surface area contributed by atoms with Gasteiger partial charge in [-0.3, -0.25) is 4.79 Å². The summed E-state index contributed by atoms with van der Waals surface area (Å²) in [6.45, 7) is 9.85. The molecule has 0 amide bonds. The van der Waals surface area contributed by atoms with Gasteiger partial charge >= 0.3 is 5.97 Å². The van der Waals surface area contributed by atoms with Crippen molar-refractivity contribution in [2.24, 2.45) is 17.6 Å². The lowest BCUT2D eigenvalue weighted by Crippen LogP contribution is -2.26. The van der Waals surface area contributed by atoms with Gasteiger partial charge in [-0.1, -0.05) is 13.8 Å². The predicted molar refractivity (Wildman–Crippen MR) is 64.8 cm³/mol. The van der Waals surface area contributed by atoms with E-state index in [0.717, 1.165) is 0 Å². The van der Waals surface area contributed by atoms with Crippen LogP contribution in [-0.4, -0.2) is 16.6 Å². The Morgan fingerprint density at radius 2 is 1.81 bits per heavy atom. The lowest BCUT2D eigenvalue weighted by molar-refractivity contribution is -0.137. The highest BCUT2D eigenvalue weighted by Gasteiger charge is 2.13. The third-order valence-corrected chi connectivity index (χ3v) is 1.36. The Balaban J connectivity index is 0. The summed E-state index contributed by atoms with van der Waals surface area (Å²) in [5.74, 6) is -0.830. The normalized spacial score (nSPS) is 12.4. The van der Waals surface area contributed by atoms with Gasteiger partial charge in [0.25, 0.3) is 0 Å². The number of nitrogens with zero attached hydrogens (tertiary/aromatic N) is 1. The number of nitrogens with two attached hydrogens (primary N) is 1. The van der Waals surface area contributed by atoms with Gasteiger partial charge in [0.2, 0.25) is 0 Å². The SMILES string of the molecule is CC(C)(C)N.CC(C)CC(C#N)CC(=O)O. The van der Waals surface area contributed by atoms with Crippen LogP contribution in [0.3, 0.4) is 0 Å². The minimum atomic E-state index is -0.891. The molecule has 0 saturated heterocycles. The Morgan fingerprint density at radius 3 is 2.00 bits per heavy atom. The second-order valence-corrected chi connectivity index (χ2v) is 5.42. The van der Waals surface area contributed by atoms with Crippen molar-refractivity contribution in [1.29, 1.82) is 5.26 Å². The highest BCUT2D eigenvalue weighted by molar-refractivity contribution is 5.67. The zero-order valence-electron chi connectivity index (χ0n) is 10.9. The molecule has 0 radical (unpaired) electrons. The summed E-state index contributed by atoms with van der Waals surface area (Å²) in [6, 6.07) is 1.98. The first-order valence-corrected chi connectivity index (χ1v) is 5.46. The van der Waals surface area contributed by atoms with Crippen LogP contribution in [0.2, 0.25) is 0 Å². The smallest absolute Gasteiger partial charge is 0.304 e. The van der Waals surface area contributed by atoms with Gasteiger partial charge < -0.3 is 10.8 Å². The van der Waals surface area contributed by atoms with Crippen molar-refractivity contribution in [2.45, 2.75) is 53.0 Å². The van der Waals surface area contributed by atoms with E-state index in [0.29, 0.717) is 12.3 Å². The summed E-state index contributed by atoms with van der Waals surface area (Å²) < 4.78 is 0. The van der Waals surface area contributed by atoms with Gasteiger partial charge in [0, 0.05) is 5.54 Å². The fourth-order valence-corrected chi connectivity index (χ4v) is 0.962. The quantitative estimate of drug-likeness (QED) is 0.773. The highest BCUT2D eigenvalue weighted by Crippen LogP contribution is 2.13. The molecule has 0 spiro atoms. The van der Waals surface area contributed by atoms with Gasteiger partial charge in [-0.25, -0.2) is 0 Å². The molecule has 1 atom stereocenters. The predicted octanol–water partition coefficient (Wildman–Crippen LogP) is 2.39. The molecule has 0 saturated carbocycles. The van der Waals surface area contributed by atoms with E-state index >= 15 is 0 Å². The molecule has 4 nitrogen and oxygen atoms in total. The number of carboxylic acids is 1. The molecule has 0 fully saturated rings. The van der Waals surface area contributed by atoms with Gasteiger partial charge in [-0.15, -0.1) is 0 Å². The Kier molecular flexibility index (Phi) is 8.79. The third kappa shape index (κ3) is 23.1. The molecule has 0 aliphatic heterocycles. The van der Waals surface area contributed by atoms with Crippen molar-refractivity contribution in [2.75, 3.05) is 0 Å². The van der Waals surface area contributed by atoms with Gasteiger partial charge in [0.15, 0.2) is 0 Å². The van der Waals surface area contributed by atoms with Crippen molar-refractivity contribution in [1.82, 2.24) is 0 Å². The standard InChI is InChI=1S/C8H13NO2.C4H11N/c1-6(2)3-7(5-9)4-8(10)11;1-4(2,3)5/h6-7H,3-4H2,1-2H3,(H,10,11);5H2,1-3H3. The van der Waals surface area contributed by atoms with Crippen LogP contribution in [0.5, 0.6) is 0 Å². The largest absolute Gasteiger partial charge is 0.481 e. The number of hydrogen-bond acceptors (Lipinski definition) is 3. The Labute approximate surface area is 98.4 Å². The molecule has 1 unspecified atom stereocenters. The average molecular weight is 228 g/mol. The van der Waals surface area contributed by atoms with E-state index in [1.165, 1.54) is 0 Å². The summed E-state index contributed by atoms with van der Waals surface area (Å²) in [7, 11) is 0. The molecule has 0 aromatic carbocycles. The first kappa shape index (κ1) is 17.3. The van der Waals surface area contributed by atoms with Crippen molar-refractivity contribution in [3.05, 3.63) is 0 Å². The van der Waals surface area contributed by atoms with Crippen LogP contribution in [0.15, 0.2) is 0 Å². The molecular formula is C12H24N2O2. The van der Waals surface area contributed by atoms with Crippen molar-refractivity contribution in [3.63, 3.8) is 0 Å². The summed E-state index contributed by atoms with van der Waals surface area (Å²) >= 11 is 0. The van der Waals surface area contributed by atoms with Crippen LogP contribution < -0.4 is 5.73 Å². The minimum absolute atomic E-state index is 0. The molecule has 0 rings (SSSR count). The lowest BCUT2D eigenvalue weighted by Gasteiger charge is -2.07. The zero-order valence-corrected chi connectivity index (χ0v) is 10.9. The molecule has 0 aliphatic carbocycles. The maximum atomic E-state index is 10.2. The van der Waals surface area contributed by atoms with Gasteiger partial charge in [0.05, 0.1) is 18.4 Å². The first-order chi connectivity index (χ1) is 7.06. The maximum Gasteiger partial charge on any atom is 0.304 e. The number of carboxylic acid groups (broad SMARTS) is 1. The highest BCUT2D eigenvalue weighted by atomic mass is 16.4. The van der Waals surface area contributed by atoms with Crippen LogP contribution in [0, 0.1) is 23.2 Å². The fourth-order valence-electron chi connectivity index (χ4n) is 0.962. The van der Waals surface area contributed by atoms with E-state index in [1.54, 1.807) is 0 Å². The molecule has 94 valence electrons. The molecule has 4 heteroatoms. The number of aliphatic carboxylic acids is 1. The van der Waals surface area contributed by atoms with E-state index in [2.05, 4.69) is 0 Å². The van der Waals surface area contributed by atoms with Crippen LogP contribution in [0.4, 0.5) is 0 Å². The summed E-state index contributed by atoms with van der Waals surface area (Å²) in [5, 5.41) is 16.9. The van der Waals surface area contributed by atoms with Crippen LogP contribution in [-0.2, 0) is 4.79 Å². The van der Waals surface area contributed by atoms with Gasteiger partial charge in [-0.05, 0) is 33.1 Å². The van der Waals surface area contributed by atoms with Crippen LogP contribution in [0.1, 0.15) is 47.5 Å². The molecule has 0 aliphatic rings. The summed E-state index contributed by atoms with van der Waals surface area (Å²) in [6.07, 6.45) is 0.636. The number of carbonyl (C=O) groups is 1. The second-order valence-electron chi connectivity index (χ2n) is 5.42. The van der Waals surface area contributed by atoms with E-state index in [4.69, 9.17) is 16.1 Å². The van der Waals surface area contributed by atoms with Crippen LogP contribution >= 0.6 is 0 Å². The Hall–Kier alpha value is -1.08. The molecule has 0 aromatic heterocycles. The van der Waals surface area contributed by atoms with Crippen molar-refractivity contribution in [3.8, 4) is 6.07 Å². The molecule has 16 heavy (non-hydrogen) atoms. The Morgan fingerprint density at radius 1 is 1.44 bits per heavy atom. The molecule has 0 aromatic rings. The minimum Gasteiger partial charge on any atom is -0.481 e. The van der Waals surface area contributed by atoms with Gasteiger partial charge in [0.1, 0.15) is 0 Å². The van der Waals surface area contributed by atoms with Crippen molar-refractivity contribution < 1.29 is 9.90 Å². The van der Waals surface area contributed by atoms with Crippen LogP contribution in [0.25, 0.3) is 0 Å². The number of nitriles is 1. The average Bonchev–Trinajstić information content (AvgIpc) is 1.97. The summed E-state index contributed by atoms with van der Waals surface area (Å²) in [4.78, 5) is 10.2. The summed E-state index contributed by atoms with van der Waals surface area (Å²) in [5.41, 5.74) is 5.35. The first-order valence-electron chi connectivity index (χ1n) is 5.46. The lowest BCUT2D eigenvalue weighted by atomic mass is 9.96. The molecule has 0 bridgehead atoms. The number of hydrogen-bond donors (Lipinski definition) is 2. The maximum absolute atomic E-state index is 10.2. The van der Waals surface area contributed by atoms with E-state index in [1.807, 2.05) is 40.7 Å². The molecule has 3 N–H and O–H groups in total. The second kappa shape index (κ2) is 8.12. The molecular weight excluding hydrogens is 204 g/mol. The van der Waals surface area contributed by atoms with Crippen molar-refractivity contribution >= 4 is 5.97 Å². The third-order valence-electron chi connectivity index (χ3n) is 1.36. The molecule has 0 heterocycles. The van der Waals surface area contributed by atoms with Gasteiger partial charge in [-0.2, -0.15) is 5.26 Å². The fraction of sp³-hybridized carbons (Fsp3) is 0.833. The topological polar surface area (TPSA) is 87.1 Å². The monoisotopic (exact) mass is 228 g/mol.